The minimum absolute atomic E-state index is 0.0362. The van der Waals surface area contributed by atoms with Crippen LogP contribution in [0.25, 0.3) is 0 Å². The molecule has 1 unspecified atom stereocenters. The van der Waals surface area contributed by atoms with E-state index >= 15 is 0 Å². The van der Waals surface area contributed by atoms with Crippen molar-refractivity contribution in [2.75, 3.05) is 7.11 Å². The third-order valence-corrected chi connectivity index (χ3v) is 3.39. The maximum absolute atomic E-state index is 12.2. The summed E-state index contributed by atoms with van der Waals surface area (Å²) in [7, 11) is 1.25. The van der Waals surface area contributed by atoms with Crippen molar-refractivity contribution in [3.05, 3.63) is 34.2 Å². The zero-order chi connectivity index (χ0) is 13.1. The van der Waals surface area contributed by atoms with Crippen molar-refractivity contribution in [2.24, 2.45) is 0 Å². The number of carbonyl (C=O) groups excluding carboxylic acids is 1. The number of hydrogen-bond donors (Lipinski definition) is 1. The lowest BCUT2D eigenvalue weighted by Crippen LogP contribution is -2.32. The van der Waals surface area contributed by atoms with Crippen LogP contribution in [0.4, 0.5) is 0 Å². The van der Waals surface area contributed by atoms with Gasteiger partial charge >= 0.3 is 5.97 Å². The summed E-state index contributed by atoms with van der Waals surface area (Å²) in [6.45, 7) is 0. The number of rotatable bonds is 2. The molecule has 2 rings (SSSR count). The summed E-state index contributed by atoms with van der Waals surface area (Å²) in [4.78, 5) is 23.6. The first-order valence-corrected chi connectivity index (χ1v) is 6.11. The minimum Gasteiger partial charge on any atom is -0.465 e. The quantitative estimate of drug-likeness (QED) is 0.799. The molecule has 1 aromatic heterocycles. The summed E-state index contributed by atoms with van der Waals surface area (Å²) >= 11 is 0. The maximum Gasteiger partial charge on any atom is 0.343 e. The van der Waals surface area contributed by atoms with Gasteiger partial charge < -0.3 is 14.4 Å². The van der Waals surface area contributed by atoms with Crippen molar-refractivity contribution in [3.8, 4) is 0 Å². The molecule has 1 heterocycles. The van der Waals surface area contributed by atoms with Gasteiger partial charge in [0.05, 0.1) is 13.2 Å². The molecule has 98 valence electrons. The van der Waals surface area contributed by atoms with Crippen LogP contribution in [0.3, 0.4) is 0 Å². The Hall–Kier alpha value is -1.62. The number of aliphatic hydroxyl groups is 1. The van der Waals surface area contributed by atoms with E-state index in [0.29, 0.717) is 6.42 Å². The topological polar surface area (TPSA) is 68.5 Å². The average Bonchev–Trinajstić information content (AvgIpc) is 2.38. The SMILES string of the molecule is COC(=O)c1cccn(C2CCC[C@H](O)C2)c1=O. The number of pyridine rings is 1. The van der Waals surface area contributed by atoms with Crippen LogP contribution in [0.2, 0.25) is 0 Å². The first-order chi connectivity index (χ1) is 8.63. The maximum atomic E-state index is 12.2. The van der Waals surface area contributed by atoms with Crippen LogP contribution in [0.5, 0.6) is 0 Å². The fraction of sp³-hybridized carbons (Fsp3) is 0.538. The zero-order valence-corrected chi connectivity index (χ0v) is 10.3. The van der Waals surface area contributed by atoms with Crippen molar-refractivity contribution in [3.63, 3.8) is 0 Å². The Kier molecular flexibility index (Phi) is 3.81. The van der Waals surface area contributed by atoms with E-state index in [4.69, 9.17) is 0 Å². The van der Waals surface area contributed by atoms with E-state index in [1.54, 1.807) is 12.3 Å². The molecular formula is C13H17NO4. The summed E-state index contributed by atoms with van der Waals surface area (Å²) in [5.41, 5.74) is -0.302. The van der Waals surface area contributed by atoms with Crippen LogP contribution in [-0.4, -0.2) is 28.9 Å². The van der Waals surface area contributed by atoms with Crippen LogP contribution in [-0.2, 0) is 4.74 Å². The minimum atomic E-state index is -0.620. The Morgan fingerprint density at radius 1 is 1.50 bits per heavy atom. The molecule has 1 fully saturated rings. The smallest absolute Gasteiger partial charge is 0.343 e. The molecule has 0 aliphatic heterocycles. The zero-order valence-electron chi connectivity index (χ0n) is 10.3. The van der Waals surface area contributed by atoms with Crippen molar-refractivity contribution in [2.45, 2.75) is 37.8 Å². The predicted octanol–water partition coefficient (Wildman–Crippen LogP) is 1.11. The van der Waals surface area contributed by atoms with Crippen LogP contribution in [0.1, 0.15) is 42.1 Å². The Morgan fingerprint density at radius 3 is 2.94 bits per heavy atom. The van der Waals surface area contributed by atoms with E-state index in [1.165, 1.54) is 17.7 Å². The van der Waals surface area contributed by atoms with Gasteiger partial charge in [0.15, 0.2) is 0 Å². The normalized spacial score (nSPS) is 23.7. The molecule has 0 bridgehead atoms. The highest BCUT2D eigenvalue weighted by Crippen LogP contribution is 2.27. The Morgan fingerprint density at radius 2 is 2.28 bits per heavy atom. The predicted molar refractivity (Wildman–Crippen MR) is 65.6 cm³/mol. The molecule has 1 aliphatic carbocycles. The molecule has 1 aromatic rings. The van der Waals surface area contributed by atoms with Crippen molar-refractivity contribution >= 4 is 5.97 Å². The summed E-state index contributed by atoms with van der Waals surface area (Å²) in [5.74, 6) is -0.620. The summed E-state index contributed by atoms with van der Waals surface area (Å²) < 4.78 is 6.12. The van der Waals surface area contributed by atoms with E-state index in [0.717, 1.165) is 19.3 Å². The molecule has 0 spiro atoms. The third-order valence-electron chi connectivity index (χ3n) is 3.39. The highest BCUT2D eigenvalue weighted by molar-refractivity contribution is 5.88. The molecule has 0 aromatic carbocycles. The van der Waals surface area contributed by atoms with E-state index in [9.17, 15) is 14.7 Å². The average molecular weight is 251 g/mol. The lowest BCUT2D eigenvalue weighted by molar-refractivity contribution is 0.0597. The van der Waals surface area contributed by atoms with Gasteiger partial charge in [0.1, 0.15) is 5.56 Å². The van der Waals surface area contributed by atoms with Crippen molar-refractivity contribution in [1.82, 2.24) is 4.57 Å². The Bertz CT molecular complexity index is 494. The van der Waals surface area contributed by atoms with Gasteiger partial charge in [0.2, 0.25) is 0 Å². The summed E-state index contributed by atoms with van der Waals surface area (Å²) in [6.07, 6.45) is 4.38. The number of ether oxygens (including phenoxy) is 1. The number of aromatic nitrogens is 1. The number of methoxy groups -OCH3 is 1. The fourth-order valence-corrected chi connectivity index (χ4v) is 2.45. The van der Waals surface area contributed by atoms with E-state index < -0.39 is 5.97 Å². The van der Waals surface area contributed by atoms with Crippen molar-refractivity contribution < 1.29 is 14.6 Å². The molecular weight excluding hydrogens is 234 g/mol. The number of hydrogen-bond acceptors (Lipinski definition) is 4. The van der Waals surface area contributed by atoms with Gasteiger partial charge in [-0.2, -0.15) is 0 Å². The Labute approximate surface area is 105 Å². The largest absolute Gasteiger partial charge is 0.465 e. The molecule has 0 saturated heterocycles. The molecule has 0 amide bonds. The first-order valence-electron chi connectivity index (χ1n) is 6.11. The summed E-state index contributed by atoms with van der Waals surface area (Å²) in [5, 5.41) is 9.65. The van der Waals surface area contributed by atoms with Gasteiger partial charge in [-0.3, -0.25) is 4.79 Å². The van der Waals surface area contributed by atoms with Crippen LogP contribution >= 0.6 is 0 Å². The molecule has 18 heavy (non-hydrogen) atoms. The van der Waals surface area contributed by atoms with Crippen molar-refractivity contribution in [1.29, 1.82) is 0 Å². The van der Waals surface area contributed by atoms with Gasteiger partial charge in [0.25, 0.3) is 5.56 Å². The second-order valence-electron chi connectivity index (χ2n) is 4.60. The van der Waals surface area contributed by atoms with Gasteiger partial charge in [0, 0.05) is 12.2 Å². The highest BCUT2D eigenvalue weighted by atomic mass is 16.5. The van der Waals surface area contributed by atoms with Gasteiger partial charge in [-0.25, -0.2) is 4.79 Å². The third kappa shape index (κ3) is 2.46. The second kappa shape index (κ2) is 5.35. The molecule has 1 aliphatic rings. The second-order valence-corrected chi connectivity index (χ2v) is 4.60. The van der Waals surface area contributed by atoms with E-state index in [1.807, 2.05) is 0 Å². The molecule has 1 saturated carbocycles. The molecule has 1 N–H and O–H groups in total. The van der Waals surface area contributed by atoms with Gasteiger partial charge in [-0.15, -0.1) is 0 Å². The Balaban J connectivity index is 2.34. The van der Waals surface area contributed by atoms with E-state index in [-0.39, 0.29) is 23.3 Å². The van der Waals surface area contributed by atoms with Gasteiger partial charge in [-0.05, 0) is 37.8 Å². The number of aliphatic hydroxyl groups excluding tert-OH is 1. The molecule has 5 nitrogen and oxygen atoms in total. The molecule has 5 heteroatoms. The van der Waals surface area contributed by atoms with Gasteiger partial charge in [-0.1, -0.05) is 0 Å². The lowest BCUT2D eigenvalue weighted by atomic mass is 9.92. The standard InChI is InChI=1S/C13H17NO4/c1-18-13(17)11-6-3-7-14(12(11)16)9-4-2-5-10(15)8-9/h3,6-7,9-10,15H,2,4-5,8H2,1H3/t9?,10-/m0/s1. The monoisotopic (exact) mass is 251 g/mol. The molecule has 2 atom stereocenters. The first kappa shape index (κ1) is 12.8. The number of esters is 1. The van der Waals surface area contributed by atoms with Crippen LogP contribution < -0.4 is 5.56 Å². The fourth-order valence-electron chi connectivity index (χ4n) is 2.45. The van der Waals surface area contributed by atoms with Crippen LogP contribution in [0, 0.1) is 0 Å². The highest BCUT2D eigenvalue weighted by Gasteiger charge is 2.23. The van der Waals surface area contributed by atoms with Crippen LogP contribution in [0.15, 0.2) is 23.1 Å². The van der Waals surface area contributed by atoms with E-state index in [2.05, 4.69) is 4.74 Å². The number of carbonyl (C=O) groups is 1. The number of nitrogens with zero attached hydrogens (tertiary/aromatic N) is 1. The molecule has 0 radical (unpaired) electrons. The summed E-state index contributed by atoms with van der Waals surface area (Å²) in [6, 6.07) is 3.09. The lowest BCUT2D eigenvalue weighted by Gasteiger charge is -2.27.